The summed E-state index contributed by atoms with van der Waals surface area (Å²) >= 11 is 0. The lowest BCUT2D eigenvalue weighted by Gasteiger charge is -2.51. The van der Waals surface area contributed by atoms with Crippen LogP contribution in [0.5, 0.6) is 0 Å². The Labute approximate surface area is 127 Å². The van der Waals surface area contributed by atoms with E-state index in [0.29, 0.717) is 18.3 Å². The van der Waals surface area contributed by atoms with E-state index in [-0.39, 0.29) is 23.2 Å². The highest BCUT2D eigenvalue weighted by Crippen LogP contribution is 2.42. The van der Waals surface area contributed by atoms with E-state index < -0.39 is 9.84 Å². The van der Waals surface area contributed by atoms with E-state index in [1.54, 1.807) is 14.2 Å². The minimum Gasteiger partial charge on any atom is -0.381 e. The molecule has 1 aliphatic carbocycles. The van der Waals surface area contributed by atoms with Crippen LogP contribution < -0.4 is 10.6 Å². The Morgan fingerprint density at radius 1 is 1.43 bits per heavy atom. The Bertz CT molecular complexity index is 502. The summed E-state index contributed by atoms with van der Waals surface area (Å²) in [4.78, 5) is 4.23. The van der Waals surface area contributed by atoms with Crippen LogP contribution in [0.3, 0.4) is 0 Å². The molecule has 0 aromatic heterocycles. The third-order valence-electron chi connectivity index (χ3n) is 4.88. The van der Waals surface area contributed by atoms with E-state index in [1.807, 2.05) is 0 Å². The lowest BCUT2D eigenvalue weighted by Crippen LogP contribution is -2.63. The molecule has 7 heteroatoms. The SMILES string of the molecule is CN=C(NCC1CCS(=O)(=O)C1)NC1CC(OC)C1(C)C. The smallest absolute Gasteiger partial charge is 0.191 e. The molecule has 0 spiro atoms. The summed E-state index contributed by atoms with van der Waals surface area (Å²) in [5, 5.41) is 6.66. The van der Waals surface area contributed by atoms with E-state index in [4.69, 9.17) is 4.74 Å². The lowest BCUT2D eigenvalue weighted by molar-refractivity contribution is -0.0922. The van der Waals surface area contributed by atoms with Crippen LogP contribution in [0.2, 0.25) is 0 Å². The molecule has 2 N–H and O–H groups in total. The second-order valence-corrected chi connectivity index (χ2v) is 8.93. The summed E-state index contributed by atoms with van der Waals surface area (Å²) in [6.07, 6.45) is 1.97. The standard InChI is InChI=1S/C14H27N3O3S/c1-14(2)11(7-12(14)20-4)17-13(15-3)16-8-10-5-6-21(18,19)9-10/h10-12H,5-9H2,1-4H3,(H2,15,16,17). The number of nitrogens with one attached hydrogen (secondary N) is 2. The molecule has 0 bridgehead atoms. The Kier molecular flexibility index (Phi) is 4.82. The van der Waals surface area contributed by atoms with Crippen LogP contribution in [0.25, 0.3) is 0 Å². The molecule has 6 nitrogen and oxygen atoms in total. The van der Waals surface area contributed by atoms with Gasteiger partial charge in [0.25, 0.3) is 0 Å². The van der Waals surface area contributed by atoms with Crippen LogP contribution in [-0.4, -0.2) is 58.7 Å². The summed E-state index contributed by atoms with van der Waals surface area (Å²) in [5.74, 6) is 1.54. The topological polar surface area (TPSA) is 79.8 Å². The number of hydrogen-bond donors (Lipinski definition) is 2. The molecule has 3 unspecified atom stereocenters. The van der Waals surface area contributed by atoms with E-state index in [1.165, 1.54) is 0 Å². The number of sulfone groups is 1. The molecule has 3 atom stereocenters. The maximum atomic E-state index is 11.5. The maximum absolute atomic E-state index is 11.5. The zero-order valence-electron chi connectivity index (χ0n) is 13.3. The number of methoxy groups -OCH3 is 1. The van der Waals surface area contributed by atoms with Gasteiger partial charge >= 0.3 is 0 Å². The minimum absolute atomic E-state index is 0.0725. The zero-order chi connectivity index (χ0) is 15.7. The van der Waals surface area contributed by atoms with E-state index in [9.17, 15) is 8.42 Å². The van der Waals surface area contributed by atoms with Gasteiger partial charge in [0.1, 0.15) is 0 Å². The Morgan fingerprint density at radius 2 is 2.14 bits per heavy atom. The number of nitrogens with zero attached hydrogens (tertiary/aromatic N) is 1. The average Bonchev–Trinajstić information content (AvgIpc) is 2.76. The van der Waals surface area contributed by atoms with Crippen molar-refractivity contribution in [2.45, 2.75) is 38.8 Å². The normalized spacial score (nSPS) is 34.3. The molecule has 2 fully saturated rings. The average molecular weight is 317 g/mol. The van der Waals surface area contributed by atoms with Gasteiger partial charge in [-0.15, -0.1) is 0 Å². The molecule has 0 aromatic carbocycles. The van der Waals surface area contributed by atoms with Crippen LogP contribution in [0.4, 0.5) is 0 Å². The van der Waals surface area contributed by atoms with Gasteiger partial charge < -0.3 is 15.4 Å². The monoisotopic (exact) mass is 317 g/mol. The van der Waals surface area contributed by atoms with Gasteiger partial charge in [-0.25, -0.2) is 8.42 Å². The molecule has 122 valence electrons. The minimum atomic E-state index is -2.81. The fourth-order valence-electron chi connectivity index (χ4n) is 3.16. The largest absolute Gasteiger partial charge is 0.381 e. The van der Waals surface area contributed by atoms with Gasteiger partial charge in [-0.1, -0.05) is 13.8 Å². The van der Waals surface area contributed by atoms with Crippen LogP contribution in [0.15, 0.2) is 4.99 Å². The summed E-state index contributed by atoms with van der Waals surface area (Å²) < 4.78 is 28.4. The quantitative estimate of drug-likeness (QED) is 0.579. The summed E-state index contributed by atoms with van der Waals surface area (Å²) in [5.41, 5.74) is 0.0725. The molecule has 0 aromatic rings. The van der Waals surface area contributed by atoms with Gasteiger partial charge in [-0.05, 0) is 18.8 Å². The van der Waals surface area contributed by atoms with Crippen molar-refractivity contribution in [2.75, 3.05) is 32.2 Å². The number of guanidine groups is 1. The molecule has 2 rings (SSSR count). The number of rotatable bonds is 4. The van der Waals surface area contributed by atoms with Gasteiger partial charge in [0.05, 0.1) is 17.6 Å². The summed E-state index contributed by atoms with van der Waals surface area (Å²) in [6, 6.07) is 0.320. The van der Waals surface area contributed by atoms with Crippen molar-refractivity contribution in [1.82, 2.24) is 10.6 Å². The Hall–Kier alpha value is -0.820. The van der Waals surface area contributed by atoms with E-state index >= 15 is 0 Å². The first kappa shape index (κ1) is 16.5. The highest BCUT2D eigenvalue weighted by molar-refractivity contribution is 7.91. The van der Waals surface area contributed by atoms with Crippen LogP contribution in [0, 0.1) is 11.3 Å². The zero-order valence-corrected chi connectivity index (χ0v) is 14.2. The van der Waals surface area contributed by atoms with Crippen LogP contribution in [-0.2, 0) is 14.6 Å². The summed E-state index contributed by atoms with van der Waals surface area (Å²) in [7, 11) is 0.670. The predicted octanol–water partition coefficient (Wildman–Crippen LogP) is 0.400. The van der Waals surface area contributed by atoms with Crippen molar-refractivity contribution in [3.8, 4) is 0 Å². The second kappa shape index (κ2) is 6.12. The molecule has 0 amide bonds. The fraction of sp³-hybridized carbons (Fsp3) is 0.929. The molecule has 0 radical (unpaired) electrons. The lowest BCUT2D eigenvalue weighted by atomic mass is 9.64. The number of ether oxygens (including phenoxy) is 1. The first-order chi connectivity index (χ1) is 9.78. The first-order valence-electron chi connectivity index (χ1n) is 7.49. The van der Waals surface area contributed by atoms with Crippen molar-refractivity contribution in [3.63, 3.8) is 0 Å². The van der Waals surface area contributed by atoms with Gasteiger partial charge in [-0.3, -0.25) is 4.99 Å². The molecule has 1 heterocycles. The van der Waals surface area contributed by atoms with Gasteiger partial charge in [-0.2, -0.15) is 0 Å². The van der Waals surface area contributed by atoms with Gasteiger partial charge in [0, 0.05) is 32.2 Å². The van der Waals surface area contributed by atoms with Crippen LogP contribution >= 0.6 is 0 Å². The van der Waals surface area contributed by atoms with E-state index in [0.717, 1.165) is 18.8 Å². The highest BCUT2D eigenvalue weighted by atomic mass is 32.2. The van der Waals surface area contributed by atoms with Crippen molar-refractivity contribution >= 4 is 15.8 Å². The van der Waals surface area contributed by atoms with Crippen molar-refractivity contribution in [1.29, 1.82) is 0 Å². The van der Waals surface area contributed by atoms with Crippen LogP contribution in [0.1, 0.15) is 26.7 Å². The van der Waals surface area contributed by atoms with Gasteiger partial charge in [0.2, 0.25) is 0 Å². The van der Waals surface area contributed by atoms with Crippen molar-refractivity contribution < 1.29 is 13.2 Å². The molecule has 1 saturated heterocycles. The van der Waals surface area contributed by atoms with Gasteiger partial charge in [0.15, 0.2) is 15.8 Å². The molecular weight excluding hydrogens is 290 g/mol. The number of aliphatic imine (C=N–C) groups is 1. The predicted molar refractivity (Wildman–Crippen MR) is 84.2 cm³/mol. The fourth-order valence-corrected chi connectivity index (χ4v) is 5.03. The third kappa shape index (κ3) is 3.69. The molecular formula is C14H27N3O3S. The summed E-state index contributed by atoms with van der Waals surface area (Å²) in [6.45, 7) is 5.01. The van der Waals surface area contributed by atoms with Crippen molar-refractivity contribution in [2.24, 2.45) is 16.3 Å². The second-order valence-electron chi connectivity index (χ2n) is 6.70. The maximum Gasteiger partial charge on any atom is 0.191 e. The third-order valence-corrected chi connectivity index (χ3v) is 6.72. The Balaban J connectivity index is 1.80. The molecule has 2 aliphatic rings. The molecule has 1 aliphatic heterocycles. The Morgan fingerprint density at radius 3 is 2.62 bits per heavy atom. The number of hydrogen-bond acceptors (Lipinski definition) is 4. The first-order valence-corrected chi connectivity index (χ1v) is 9.31. The van der Waals surface area contributed by atoms with E-state index in [2.05, 4.69) is 29.5 Å². The van der Waals surface area contributed by atoms with Crippen molar-refractivity contribution in [3.05, 3.63) is 0 Å². The highest BCUT2D eigenvalue weighted by Gasteiger charge is 2.48. The molecule has 21 heavy (non-hydrogen) atoms. The molecule has 1 saturated carbocycles.